The minimum Gasteiger partial charge on any atom is -0.482 e. The molecule has 0 saturated heterocycles. The van der Waals surface area contributed by atoms with Gasteiger partial charge in [-0.25, -0.2) is 0 Å². The molecule has 1 N–H and O–H groups in total. The summed E-state index contributed by atoms with van der Waals surface area (Å²) in [6, 6.07) is 11.6. The van der Waals surface area contributed by atoms with Crippen LogP contribution in [0.15, 0.2) is 46.9 Å². The van der Waals surface area contributed by atoms with Crippen LogP contribution in [0.5, 0.6) is 5.75 Å². The van der Waals surface area contributed by atoms with Crippen LogP contribution >= 0.6 is 39.1 Å². The van der Waals surface area contributed by atoms with Gasteiger partial charge in [0.2, 0.25) is 5.91 Å². The number of amides is 2. The molecule has 0 fully saturated rings. The van der Waals surface area contributed by atoms with Gasteiger partial charge in [0.25, 0.3) is 5.91 Å². The first-order chi connectivity index (χ1) is 12.8. The second-order valence-electron chi connectivity index (χ2n) is 5.81. The molecule has 2 aromatic rings. The van der Waals surface area contributed by atoms with Gasteiger partial charge >= 0.3 is 0 Å². The molecule has 0 bridgehead atoms. The standard InChI is InChI=1S/C19H19BrCl2N2O3/c1-12(19(26)23-2)24(10-13-4-3-5-15(21)8-13)18(25)11-27-17-7-6-14(20)9-16(17)22/h3-9,12H,10-11H2,1-2H3,(H,23,26)/t12-/m0/s1. The monoisotopic (exact) mass is 472 g/mol. The lowest BCUT2D eigenvalue weighted by Gasteiger charge is -2.28. The molecule has 0 aromatic heterocycles. The number of benzene rings is 2. The van der Waals surface area contributed by atoms with Crippen LogP contribution in [0.1, 0.15) is 12.5 Å². The number of halogens is 3. The van der Waals surface area contributed by atoms with Crippen LogP contribution in [0.3, 0.4) is 0 Å². The van der Waals surface area contributed by atoms with Crippen molar-refractivity contribution in [2.45, 2.75) is 19.5 Å². The fourth-order valence-electron chi connectivity index (χ4n) is 2.44. The number of nitrogens with zero attached hydrogens (tertiary/aromatic N) is 1. The van der Waals surface area contributed by atoms with Gasteiger partial charge in [0, 0.05) is 23.1 Å². The fourth-order valence-corrected chi connectivity index (χ4v) is 3.38. The van der Waals surface area contributed by atoms with E-state index in [9.17, 15) is 9.59 Å². The van der Waals surface area contributed by atoms with Crippen LogP contribution in [0.2, 0.25) is 10.0 Å². The molecule has 144 valence electrons. The Morgan fingerprint density at radius 2 is 1.96 bits per heavy atom. The van der Waals surface area contributed by atoms with Crippen LogP contribution in [0.25, 0.3) is 0 Å². The molecule has 0 heterocycles. The van der Waals surface area contributed by atoms with Crippen LogP contribution in [-0.2, 0) is 16.1 Å². The summed E-state index contributed by atoms with van der Waals surface area (Å²) in [7, 11) is 1.53. The number of rotatable bonds is 7. The molecule has 2 rings (SSSR count). The van der Waals surface area contributed by atoms with Crippen molar-refractivity contribution in [1.82, 2.24) is 10.2 Å². The molecule has 1 atom stereocenters. The van der Waals surface area contributed by atoms with E-state index < -0.39 is 6.04 Å². The Labute approximate surface area is 176 Å². The first kappa shape index (κ1) is 21.5. The van der Waals surface area contributed by atoms with E-state index in [0.29, 0.717) is 15.8 Å². The average Bonchev–Trinajstić information content (AvgIpc) is 2.64. The Morgan fingerprint density at radius 1 is 1.22 bits per heavy atom. The van der Waals surface area contributed by atoms with Gasteiger partial charge < -0.3 is 15.0 Å². The molecule has 8 heteroatoms. The van der Waals surface area contributed by atoms with Crippen molar-refractivity contribution >= 4 is 50.9 Å². The van der Waals surface area contributed by atoms with Gasteiger partial charge in [-0.2, -0.15) is 0 Å². The Hall–Kier alpha value is -1.76. The smallest absolute Gasteiger partial charge is 0.261 e. The van der Waals surface area contributed by atoms with E-state index in [1.807, 2.05) is 6.07 Å². The quantitative estimate of drug-likeness (QED) is 0.652. The SMILES string of the molecule is CNC(=O)[C@H](C)N(Cc1cccc(Cl)c1)C(=O)COc1ccc(Br)cc1Cl. The van der Waals surface area contributed by atoms with Crippen molar-refractivity contribution in [2.75, 3.05) is 13.7 Å². The zero-order valence-corrected chi connectivity index (χ0v) is 17.9. The topological polar surface area (TPSA) is 58.6 Å². The van der Waals surface area contributed by atoms with E-state index in [4.69, 9.17) is 27.9 Å². The molecule has 0 saturated carbocycles. The van der Waals surface area contributed by atoms with E-state index in [1.165, 1.54) is 11.9 Å². The maximum atomic E-state index is 12.8. The predicted molar refractivity (Wildman–Crippen MR) is 110 cm³/mol. The molecule has 0 spiro atoms. The summed E-state index contributed by atoms with van der Waals surface area (Å²) in [6.07, 6.45) is 0. The Bertz CT molecular complexity index is 832. The summed E-state index contributed by atoms with van der Waals surface area (Å²) < 4.78 is 6.37. The first-order valence-electron chi connectivity index (χ1n) is 8.15. The molecule has 0 radical (unpaired) electrons. The largest absolute Gasteiger partial charge is 0.482 e. The zero-order valence-electron chi connectivity index (χ0n) is 14.8. The molecule has 2 amide bonds. The minimum absolute atomic E-state index is 0.228. The molecular formula is C19H19BrCl2N2O3. The lowest BCUT2D eigenvalue weighted by Crippen LogP contribution is -2.48. The Kier molecular flexibility index (Phi) is 7.95. The molecule has 0 aliphatic carbocycles. The number of carbonyl (C=O) groups is 2. The van der Waals surface area contributed by atoms with Gasteiger partial charge in [-0.1, -0.05) is 51.3 Å². The summed E-state index contributed by atoms with van der Waals surface area (Å²) in [5.41, 5.74) is 0.813. The van der Waals surface area contributed by atoms with E-state index in [2.05, 4.69) is 21.2 Å². The third kappa shape index (κ3) is 6.13. The van der Waals surface area contributed by atoms with Crippen molar-refractivity contribution in [3.63, 3.8) is 0 Å². The van der Waals surface area contributed by atoms with Crippen molar-refractivity contribution in [3.8, 4) is 5.75 Å². The van der Waals surface area contributed by atoms with Gasteiger partial charge in [0.1, 0.15) is 11.8 Å². The average molecular weight is 474 g/mol. The summed E-state index contributed by atoms with van der Waals surface area (Å²) in [5, 5.41) is 3.51. The van der Waals surface area contributed by atoms with Crippen molar-refractivity contribution in [3.05, 3.63) is 62.5 Å². The highest BCUT2D eigenvalue weighted by Gasteiger charge is 2.26. The second-order valence-corrected chi connectivity index (χ2v) is 7.56. The molecule has 0 aliphatic heterocycles. The normalized spacial score (nSPS) is 11.6. The molecule has 27 heavy (non-hydrogen) atoms. The van der Waals surface area contributed by atoms with Crippen molar-refractivity contribution in [2.24, 2.45) is 0 Å². The summed E-state index contributed by atoms with van der Waals surface area (Å²) in [4.78, 5) is 26.3. The lowest BCUT2D eigenvalue weighted by atomic mass is 10.1. The van der Waals surface area contributed by atoms with E-state index in [-0.39, 0.29) is 25.0 Å². The van der Waals surface area contributed by atoms with Crippen molar-refractivity contribution in [1.29, 1.82) is 0 Å². The van der Waals surface area contributed by atoms with Gasteiger partial charge in [-0.05, 0) is 42.8 Å². The third-order valence-corrected chi connectivity index (χ3v) is 4.92. The maximum absolute atomic E-state index is 12.8. The first-order valence-corrected chi connectivity index (χ1v) is 9.70. The van der Waals surface area contributed by atoms with Crippen LogP contribution < -0.4 is 10.1 Å². The maximum Gasteiger partial charge on any atom is 0.261 e. The van der Waals surface area contributed by atoms with Crippen LogP contribution in [0, 0.1) is 0 Å². The summed E-state index contributed by atoms with van der Waals surface area (Å²) in [5.74, 6) is -0.222. The summed E-state index contributed by atoms with van der Waals surface area (Å²) in [6.45, 7) is 1.64. The van der Waals surface area contributed by atoms with Gasteiger partial charge in [-0.15, -0.1) is 0 Å². The molecule has 2 aromatic carbocycles. The Balaban J connectivity index is 2.15. The molecule has 0 unspecified atom stereocenters. The minimum atomic E-state index is -0.675. The van der Waals surface area contributed by atoms with E-state index >= 15 is 0 Å². The number of hydrogen-bond acceptors (Lipinski definition) is 3. The second kappa shape index (κ2) is 9.97. The zero-order chi connectivity index (χ0) is 20.0. The summed E-state index contributed by atoms with van der Waals surface area (Å²) >= 11 is 15.5. The molecular weight excluding hydrogens is 455 g/mol. The third-order valence-electron chi connectivity index (χ3n) is 3.90. The van der Waals surface area contributed by atoms with Crippen molar-refractivity contribution < 1.29 is 14.3 Å². The highest BCUT2D eigenvalue weighted by molar-refractivity contribution is 9.10. The number of ether oxygens (including phenoxy) is 1. The van der Waals surface area contributed by atoms with Gasteiger partial charge in [-0.3, -0.25) is 9.59 Å². The molecule has 0 aliphatic rings. The predicted octanol–water partition coefficient (Wildman–Crippen LogP) is 4.30. The van der Waals surface area contributed by atoms with E-state index in [0.717, 1.165) is 10.0 Å². The van der Waals surface area contributed by atoms with Crippen LogP contribution in [0.4, 0.5) is 0 Å². The number of carbonyl (C=O) groups excluding carboxylic acids is 2. The van der Waals surface area contributed by atoms with E-state index in [1.54, 1.807) is 43.3 Å². The highest BCUT2D eigenvalue weighted by Crippen LogP contribution is 2.27. The van der Waals surface area contributed by atoms with Gasteiger partial charge in [0.05, 0.1) is 5.02 Å². The number of likely N-dealkylation sites (N-methyl/N-ethyl adjacent to an activating group) is 1. The van der Waals surface area contributed by atoms with Gasteiger partial charge in [0.15, 0.2) is 6.61 Å². The Morgan fingerprint density at radius 3 is 2.59 bits per heavy atom. The lowest BCUT2D eigenvalue weighted by molar-refractivity contribution is -0.142. The fraction of sp³-hybridized carbons (Fsp3) is 0.263. The highest BCUT2D eigenvalue weighted by atomic mass is 79.9. The number of hydrogen-bond donors (Lipinski definition) is 1. The molecule has 5 nitrogen and oxygen atoms in total. The van der Waals surface area contributed by atoms with Crippen LogP contribution in [-0.4, -0.2) is 36.4 Å². The number of nitrogens with one attached hydrogen (secondary N) is 1.